The van der Waals surface area contributed by atoms with Crippen LogP contribution in [0.4, 0.5) is 0 Å². The summed E-state index contributed by atoms with van der Waals surface area (Å²) in [6, 6.07) is 2.19. The number of aryl methyl sites for hydroxylation is 1. The molecule has 1 spiro atoms. The molecule has 3 rings (SSSR count). The highest BCUT2D eigenvalue weighted by atomic mass is 32.1. The van der Waals surface area contributed by atoms with Gasteiger partial charge in [0.05, 0.1) is 6.61 Å². The molecule has 1 atom stereocenters. The Bertz CT molecular complexity index is 371. The number of thiophene rings is 1. The van der Waals surface area contributed by atoms with Crippen LogP contribution in [0, 0.1) is 6.92 Å². The van der Waals surface area contributed by atoms with Crippen LogP contribution in [0.1, 0.15) is 48.6 Å². The van der Waals surface area contributed by atoms with E-state index in [1.807, 2.05) is 11.3 Å². The molecule has 0 aromatic carbocycles. The summed E-state index contributed by atoms with van der Waals surface area (Å²) < 4.78 is 6.14. The van der Waals surface area contributed by atoms with Crippen LogP contribution in [0.15, 0.2) is 11.4 Å². The van der Waals surface area contributed by atoms with Gasteiger partial charge in [-0.1, -0.05) is 19.3 Å². The lowest BCUT2D eigenvalue weighted by Crippen LogP contribution is -2.55. The fourth-order valence-electron chi connectivity index (χ4n) is 3.11. The van der Waals surface area contributed by atoms with Crippen molar-refractivity contribution < 1.29 is 4.74 Å². The first kappa shape index (κ1) is 11.7. The molecule has 2 heterocycles. The lowest BCUT2D eigenvalue weighted by atomic mass is 9.81. The van der Waals surface area contributed by atoms with Crippen molar-refractivity contribution in [2.75, 3.05) is 13.2 Å². The highest BCUT2D eigenvalue weighted by Crippen LogP contribution is 2.35. The van der Waals surface area contributed by atoms with Crippen molar-refractivity contribution in [3.8, 4) is 0 Å². The first-order valence-corrected chi connectivity index (χ1v) is 7.58. The molecule has 1 aromatic heterocycles. The Kier molecular flexibility index (Phi) is 3.24. The highest BCUT2D eigenvalue weighted by Gasteiger charge is 2.37. The molecule has 2 nitrogen and oxygen atoms in total. The van der Waals surface area contributed by atoms with E-state index in [9.17, 15) is 0 Å². The van der Waals surface area contributed by atoms with Crippen LogP contribution in [-0.2, 0) is 4.74 Å². The number of ether oxygens (including phenoxy) is 1. The second kappa shape index (κ2) is 4.71. The van der Waals surface area contributed by atoms with Crippen molar-refractivity contribution in [3.05, 3.63) is 21.9 Å². The molecule has 17 heavy (non-hydrogen) atoms. The predicted octanol–water partition coefficient (Wildman–Crippen LogP) is 3.42. The maximum Gasteiger partial charge on any atom is 0.104 e. The number of nitrogens with one attached hydrogen (secondary N) is 1. The van der Waals surface area contributed by atoms with Gasteiger partial charge in [-0.05, 0) is 36.8 Å². The third-order valence-corrected chi connectivity index (χ3v) is 5.34. The van der Waals surface area contributed by atoms with Crippen LogP contribution >= 0.6 is 11.3 Å². The van der Waals surface area contributed by atoms with Gasteiger partial charge in [-0.2, -0.15) is 0 Å². The summed E-state index contributed by atoms with van der Waals surface area (Å²) in [6.07, 6.45) is 6.99. The van der Waals surface area contributed by atoms with E-state index in [-0.39, 0.29) is 6.10 Å². The van der Waals surface area contributed by atoms with Crippen molar-refractivity contribution in [2.24, 2.45) is 0 Å². The highest BCUT2D eigenvalue weighted by molar-refractivity contribution is 7.10. The van der Waals surface area contributed by atoms with Crippen LogP contribution in [0.5, 0.6) is 0 Å². The fraction of sp³-hybridized carbons (Fsp3) is 0.714. The lowest BCUT2D eigenvalue weighted by molar-refractivity contribution is -0.0453. The summed E-state index contributed by atoms with van der Waals surface area (Å²) in [5.74, 6) is 0. The lowest BCUT2D eigenvalue weighted by Gasteiger charge is -2.43. The van der Waals surface area contributed by atoms with E-state index in [0.717, 1.165) is 13.2 Å². The Morgan fingerprint density at radius 3 is 2.76 bits per heavy atom. The third kappa shape index (κ3) is 2.28. The van der Waals surface area contributed by atoms with Crippen molar-refractivity contribution >= 4 is 11.3 Å². The summed E-state index contributed by atoms with van der Waals surface area (Å²) in [7, 11) is 0. The zero-order valence-electron chi connectivity index (χ0n) is 10.5. The minimum Gasteiger partial charge on any atom is -0.369 e. The summed E-state index contributed by atoms with van der Waals surface area (Å²) in [4.78, 5) is 1.41. The van der Waals surface area contributed by atoms with Crippen LogP contribution in [-0.4, -0.2) is 18.7 Å². The number of rotatable bonds is 1. The quantitative estimate of drug-likeness (QED) is 0.826. The van der Waals surface area contributed by atoms with E-state index in [1.165, 1.54) is 42.5 Å². The Hall–Kier alpha value is -0.380. The Balaban J connectivity index is 1.66. The molecule has 0 bridgehead atoms. The first-order valence-electron chi connectivity index (χ1n) is 6.70. The molecule has 1 aliphatic heterocycles. The van der Waals surface area contributed by atoms with E-state index in [2.05, 4.69) is 23.7 Å². The SMILES string of the molecule is Cc1ccsc1C1CNC2(CCCCC2)CO1. The molecule has 2 aliphatic rings. The number of hydrogen-bond acceptors (Lipinski definition) is 3. The molecule has 1 aliphatic carbocycles. The first-order chi connectivity index (χ1) is 8.29. The molecule has 1 unspecified atom stereocenters. The predicted molar refractivity (Wildman–Crippen MR) is 71.6 cm³/mol. The van der Waals surface area contributed by atoms with E-state index >= 15 is 0 Å². The molecule has 1 N–H and O–H groups in total. The Morgan fingerprint density at radius 1 is 1.35 bits per heavy atom. The molecule has 0 amide bonds. The summed E-state index contributed by atoms with van der Waals surface area (Å²) >= 11 is 1.83. The van der Waals surface area contributed by atoms with Gasteiger partial charge >= 0.3 is 0 Å². The molecule has 1 saturated heterocycles. The average molecular weight is 251 g/mol. The summed E-state index contributed by atoms with van der Waals surface area (Å²) in [5, 5.41) is 5.95. The smallest absolute Gasteiger partial charge is 0.104 e. The number of morpholine rings is 1. The average Bonchev–Trinajstić information content (AvgIpc) is 2.78. The standard InChI is InChI=1S/C14H21NOS/c1-11-5-8-17-13(11)12-9-15-14(10-16-12)6-3-2-4-7-14/h5,8,12,15H,2-4,6-7,9-10H2,1H3. The topological polar surface area (TPSA) is 21.3 Å². The third-order valence-electron chi connectivity index (χ3n) is 4.23. The molecule has 1 saturated carbocycles. The zero-order chi connectivity index (χ0) is 11.7. The van der Waals surface area contributed by atoms with Crippen LogP contribution in [0.2, 0.25) is 0 Å². The van der Waals surface area contributed by atoms with Gasteiger partial charge in [-0.15, -0.1) is 11.3 Å². The molecule has 94 valence electrons. The van der Waals surface area contributed by atoms with Gasteiger partial charge in [0.2, 0.25) is 0 Å². The number of hydrogen-bond donors (Lipinski definition) is 1. The maximum absolute atomic E-state index is 6.14. The fourth-order valence-corrected chi connectivity index (χ4v) is 4.09. The van der Waals surface area contributed by atoms with Crippen molar-refractivity contribution in [1.82, 2.24) is 5.32 Å². The molecular formula is C14H21NOS. The van der Waals surface area contributed by atoms with Crippen molar-refractivity contribution in [1.29, 1.82) is 0 Å². The monoisotopic (exact) mass is 251 g/mol. The van der Waals surface area contributed by atoms with Gasteiger partial charge < -0.3 is 10.1 Å². The van der Waals surface area contributed by atoms with Crippen LogP contribution < -0.4 is 5.32 Å². The van der Waals surface area contributed by atoms with Crippen molar-refractivity contribution in [3.63, 3.8) is 0 Å². The van der Waals surface area contributed by atoms with Gasteiger partial charge in [0.15, 0.2) is 0 Å². The van der Waals surface area contributed by atoms with Gasteiger partial charge in [-0.3, -0.25) is 0 Å². The van der Waals surface area contributed by atoms with E-state index < -0.39 is 0 Å². The zero-order valence-corrected chi connectivity index (χ0v) is 11.3. The van der Waals surface area contributed by atoms with Gasteiger partial charge in [0.25, 0.3) is 0 Å². The van der Waals surface area contributed by atoms with Crippen LogP contribution in [0.25, 0.3) is 0 Å². The maximum atomic E-state index is 6.14. The van der Waals surface area contributed by atoms with Gasteiger partial charge in [0, 0.05) is 17.0 Å². The van der Waals surface area contributed by atoms with Gasteiger partial charge in [-0.25, -0.2) is 0 Å². The summed E-state index contributed by atoms with van der Waals surface area (Å²) in [6.45, 7) is 4.07. The largest absolute Gasteiger partial charge is 0.369 e. The van der Waals surface area contributed by atoms with E-state index in [0.29, 0.717) is 5.54 Å². The molecule has 2 fully saturated rings. The second-order valence-electron chi connectivity index (χ2n) is 5.49. The molecule has 1 aromatic rings. The Morgan fingerprint density at radius 2 is 2.18 bits per heavy atom. The summed E-state index contributed by atoms with van der Waals surface area (Å²) in [5.41, 5.74) is 1.68. The van der Waals surface area contributed by atoms with E-state index in [1.54, 1.807) is 0 Å². The van der Waals surface area contributed by atoms with Crippen molar-refractivity contribution in [2.45, 2.75) is 50.7 Å². The minimum absolute atomic E-state index is 0.280. The van der Waals surface area contributed by atoms with Crippen LogP contribution in [0.3, 0.4) is 0 Å². The Labute approximate surface area is 107 Å². The van der Waals surface area contributed by atoms with E-state index in [4.69, 9.17) is 4.74 Å². The molecule has 3 heteroatoms. The minimum atomic E-state index is 0.280. The van der Waals surface area contributed by atoms with Gasteiger partial charge in [0.1, 0.15) is 6.10 Å². The normalized spacial score (nSPS) is 28.4. The molecule has 0 radical (unpaired) electrons. The molecular weight excluding hydrogens is 230 g/mol. The second-order valence-corrected chi connectivity index (χ2v) is 6.44.